The third-order valence-corrected chi connectivity index (χ3v) is 3.11. The standard InChI is InChI=1S/C11H20N4O2/c1-2-15-11(9-12-13-15)14-5-3-10(4-6-14)17-8-7-16/h9-10,16H,2-8H2,1H3. The Hall–Kier alpha value is -1.14. The molecule has 1 aliphatic heterocycles. The van der Waals surface area contributed by atoms with E-state index in [-0.39, 0.29) is 12.7 Å². The molecule has 1 N–H and O–H groups in total. The summed E-state index contributed by atoms with van der Waals surface area (Å²) in [4.78, 5) is 2.29. The molecule has 0 spiro atoms. The molecule has 1 aliphatic rings. The predicted molar refractivity (Wildman–Crippen MR) is 64.0 cm³/mol. The second-order valence-electron chi connectivity index (χ2n) is 4.19. The van der Waals surface area contributed by atoms with Crippen LogP contribution in [0.1, 0.15) is 19.8 Å². The first kappa shape index (κ1) is 12.3. The van der Waals surface area contributed by atoms with E-state index in [4.69, 9.17) is 9.84 Å². The summed E-state index contributed by atoms with van der Waals surface area (Å²) < 4.78 is 7.45. The summed E-state index contributed by atoms with van der Waals surface area (Å²) in [6.07, 6.45) is 4.09. The van der Waals surface area contributed by atoms with Crippen molar-refractivity contribution in [2.24, 2.45) is 0 Å². The Kier molecular flexibility index (Phi) is 4.33. The van der Waals surface area contributed by atoms with Gasteiger partial charge in [-0.25, -0.2) is 4.68 Å². The molecule has 0 amide bonds. The number of aliphatic hydroxyl groups is 1. The molecular formula is C11H20N4O2. The molecule has 2 rings (SSSR count). The van der Waals surface area contributed by atoms with E-state index in [0.717, 1.165) is 38.3 Å². The molecule has 1 saturated heterocycles. The van der Waals surface area contributed by atoms with Gasteiger partial charge in [0.05, 0.1) is 25.5 Å². The van der Waals surface area contributed by atoms with E-state index >= 15 is 0 Å². The van der Waals surface area contributed by atoms with E-state index in [0.29, 0.717) is 6.61 Å². The average molecular weight is 240 g/mol. The Morgan fingerprint density at radius 1 is 1.47 bits per heavy atom. The van der Waals surface area contributed by atoms with Gasteiger partial charge in [0.1, 0.15) is 5.82 Å². The van der Waals surface area contributed by atoms with Gasteiger partial charge < -0.3 is 14.7 Å². The van der Waals surface area contributed by atoms with Crippen LogP contribution in [0.25, 0.3) is 0 Å². The summed E-state index contributed by atoms with van der Waals surface area (Å²) in [6.45, 7) is 5.38. The fraction of sp³-hybridized carbons (Fsp3) is 0.818. The molecule has 17 heavy (non-hydrogen) atoms. The van der Waals surface area contributed by atoms with Gasteiger partial charge in [-0.05, 0) is 19.8 Å². The number of aryl methyl sites for hydroxylation is 1. The lowest BCUT2D eigenvalue weighted by Crippen LogP contribution is -2.38. The minimum absolute atomic E-state index is 0.104. The number of anilines is 1. The highest BCUT2D eigenvalue weighted by molar-refractivity contribution is 5.36. The maximum atomic E-state index is 8.71. The summed E-state index contributed by atoms with van der Waals surface area (Å²) >= 11 is 0. The number of aromatic nitrogens is 3. The molecule has 6 nitrogen and oxygen atoms in total. The molecule has 1 fully saturated rings. The van der Waals surface area contributed by atoms with Crippen molar-refractivity contribution in [1.29, 1.82) is 0 Å². The minimum atomic E-state index is 0.104. The summed E-state index contributed by atoms with van der Waals surface area (Å²) in [5, 5.41) is 16.7. The van der Waals surface area contributed by atoms with Crippen molar-refractivity contribution in [1.82, 2.24) is 15.0 Å². The van der Waals surface area contributed by atoms with Gasteiger partial charge in [-0.2, -0.15) is 0 Å². The van der Waals surface area contributed by atoms with E-state index in [9.17, 15) is 0 Å². The molecule has 0 saturated carbocycles. The van der Waals surface area contributed by atoms with E-state index in [1.807, 2.05) is 10.9 Å². The number of rotatable bonds is 5. The van der Waals surface area contributed by atoms with Crippen LogP contribution in [0, 0.1) is 0 Å². The number of hydrogen-bond acceptors (Lipinski definition) is 5. The normalized spacial score (nSPS) is 17.6. The molecule has 0 aromatic carbocycles. The van der Waals surface area contributed by atoms with Crippen LogP contribution in [0.15, 0.2) is 6.20 Å². The molecule has 1 aromatic heterocycles. The summed E-state index contributed by atoms with van der Waals surface area (Å²) in [5.74, 6) is 1.09. The molecule has 6 heteroatoms. The summed E-state index contributed by atoms with van der Waals surface area (Å²) in [5.41, 5.74) is 0. The lowest BCUT2D eigenvalue weighted by molar-refractivity contribution is 0.0157. The molecule has 0 unspecified atom stereocenters. The van der Waals surface area contributed by atoms with Gasteiger partial charge in [-0.1, -0.05) is 5.21 Å². The Morgan fingerprint density at radius 2 is 2.24 bits per heavy atom. The van der Waals surface area contributed by atoms with Crippen molar-refractivity contribution in [3.8, 4) is 0 Å². The quantitative estimate of drug-likeness (QED) is 0.800. The Morgan fingerprint density at radius 3 is 2.88 bits per heavy atom. The van der Waals surface area contributed by atoms with Crippen molar-refractivity contribution in [3.05, 3.63) is 6.20 Å². The van der Waals surface area contributed by atoms with Crippen molar-refractivity contribution in [3.63, 3.8) is 0 Å². The maximum Gasteiger partial charge on any atom is 0.147 e. The largest absolute Gasteiger partial charge is 0.394 e. The van der Waals surface area contributed by atoms with Gasteiger partial charge in [0.25, 0.3) is 0 Å². The molecule has 0 radical (unpaired) electrons. The highest BCUT2D eigenvalue weighted by Crippen LogP contribution is 2.20. The van der Waals surface area contributed by atoms with E-state index in [2.05, 4.69) is 22.1 Å². The molecule has 1 aromatic rings. The topological polar surface area (TPSA) is 63.4 Å². The summed E-state index contributed by atoms with van der Waals surface area (Å²) in [6, 6.07) is 0. The molecule has 0 bridgehead atoms. The van der Waals surface area contributed by atoms with Gasteiger partial charge in [0.2, 0.25) is 0 Å². The van der Waals surface area contributed by atoms with E-state index < -0.39 is 0 Å². The van der Waals surface area contributed by atoms with E-state index in [1.54, 1.807) is 0 Å². The number of piperidine rings is 1. The van der Waals surface area contributed by atoms with Gasteiger partial charge in [-0.3, -0.25) is 0 Å². The second-order valence-corrected chi connectivity index (χ2v) is 4.19. The first-order valence-corrected chi connectivity index (χ1v) is 6.21. The lowest BCUT2D eigenvalue weighted by Gasteiger charge is -2.32. The Labute approximate surface area is 101 Å². The van der Waals surface area contributed by atoms with Crippen LogP contribution in [0.5, 0.6) is 0 Å². The summed E-state index contributed by atoms with van der Waals surface area (Å²) in [7, 11) is 0. The molecular weight excluding hydrogens is 220 g/mol. The van der Waals surface area contributed by atoms with Crippen LogP contribution >= 0.6 is 0 Å². The van der Waals surface area contributed by atoms with Crippen LogP contribution < -0.4 is 4.90 Å². The fourth-order valence-corrected chi connectivity index (χ4v) is 2.19. The van der Waals surface area contributed by atoms with Crippen molar-refractivity contribution >= 4 is 5.82 Å². The van der Waals surface area contributed by atoms with Gasteiger partial charge in [0, 0.05) is 19.6 Å². The molecule has 0 aliphatic carbocycles. The molecule has 2 heterocycles. The van der Waals surface area contributed by atoms with Crippen LogP contribution in [-0.2, 0) is 11.3 Å². The third-order valence-electron chi connectivity index (χ3n) is 3.11. The zero-order valence-electron chi connectivity index (χ0n) is 10.2. The fourth-order valence-electron chi connectivity index (χ4n) is 2.19. The monoisotopic (exact) mass is 240 g/mol. The van der Waals surface area contributed by atoms with Crippen molar-refractivity contribution < 1.29 is 9.84 Å². The van der Waals surface area contributed by atoms with Crippen LogP contribution in [0.2, 0.25) is 0 Å². The second kappa shape index (κ2) is 5.97. The number of nitrogens with zero attached hydrogens (tertiary/aromatic N) is 4. The van der Waals surface area contributed by atoms with Crippen molar-refractivity contribution in [2.75, 3.05) is 31.2 Å². The molecule has 96 valence electrons. The smallest absolute Gasteiger partial charge is 0.147 e. The number of hydrogen-bond donors (Lipinski definition) is 1. The first-order valence-electron chi connectivity index (χ1n) is 6.21. The van der Waals surface area contributed by atoms with Gasteiger partial charge in [0.15, 0.2) is 0 Å². The zero-order valence-corrected chi connectivity index (χ0v) is 10.2. The number of aliphatic hydroxyl groups excluding tert-OH is 1. The Bertz CT molecular complexity index is 334. The SMILES string of the molecule is CCn1nncc1N1CCC(OCCO)CC1. The van der Waals surface area contributed by atoms with Crippen LogP contribution in [0.4, 0.5) is 5.82 Å². The highest BCUT2D eigenvalue weighted by Gasteiger charge is 2.21. The average Bonchev–Trinajstić information content (AvgIpc) is 2.85. The van der Waals surface area contributed by atoms with Crippen LogP contribution in [-0.4, -0.2) is 52.5 Å². The predicted octanol–water partition coefficient (Wildman–Crippen LogP) is 0.276. The van der Waals surface area contributed by atoms with Crippen LogP contribution in [0.3, 0.4) is 0 Å². The highest BCUT2D eigenvalue weighted by atomic mass is 16.5. The lowest BCUT2D eigenvalue weighted by atomic mass is 10.1. The number of ether oxygens (including phenoxy) is 1. The van der Waals surface area contributed by atoms with Gasteiger partial charge >= 0.3 is 0 Å². The van der Waals surface area contributed by atoms with E-state index in [1.165, 1.54) is 0 Å². The van der Waals surface area contributed by atoms with Gasteiger partial charge in [-0.15, -0.1) is 5.10 Å². The maximum absolute atomic E-state index is 8.71. The Balaban J connectivity index is 1.86. The third kappa shape index (κ3) is 2.95. The first-order chi connectivity index (χ1) is 8.35. The minimum Gasteiger partial charge on any atom is -0.394 e. The molecule has 0 atom stereocenters. The van der Waals surface area contributed by atoms with Crippen molar-refractivity contribution in [2.45, 2.75) is 32.4 Å². The zero-order chi connectivity index (χ0) is 12.1.